The Balaban J connectivity index is 1.87. The van der Waals surface area contributed by atoms with Crippen LogP contribution in [0.3, 0.4) is 0 Å². The number of rotatable bonds is 4. The van der Waals surface area contributed by atoms with Gasteiger partial charge in [0.15, 0.2) is 0 Å². The Hall–Kier alpha value is -1.38. The van der Waals surface area contributed by atoms with Gasteiger partial charge in [0.2, 0.25) is 5.91 Å². The van der Waals surface area contributed by atoms with E-state index in [1.54, 1.807) is 6.20 Å². The molecule has 3 heteroatoms. The van der Waals surface area contributed by atoms with Crippen LogP contribution >= 0.6 is 0 Å². The Morgan fingerprint density at radius 3 is 2.90 bits per heavy atom. The first-order valence-corrected chi connectivity index (χ1v) is 7.68. The largest absolute Gasteiger partial charge is 0.355 e. The van der Waals surface area contributed by atoms with Crippen LogP contribution in [0.4, 0.5) is 0 Å². The molecule has 1 aliphatic rings. The third-order valence-corrected chi connectivity index (χ3v) is 4.58. The number of carbonyl (C=O) groups excluding carboxylic acids is 1. The number of amides is 1. The quantitative estimate of drug-likeness (QED) is 0.916. The number of hydrogen-bond acceptors (Lipinski definition) is 2. The number of carbonyl (C=O) groups is 1. The van der Waals surface area contributed by atoms with Gasteiger partial charge in [-0.1, -0.05) is 33.3 Å². The van der Waals surface area contributed by atoms with Gasteiger partial charge in [0.25, 0.3) is 0 Å². The van der Waals surface area contributed by atoms with Gasteiger partial charge in [0.05, 0.1) is 0 Å². The van der Waals surface area contributed by atoms with E-state index in [0.717, 1.165) is 18.5 Å². The highest BCUT2D eigenvalue weighted by atomic mass is 16.1. The summed E-state index contributed by atoms with van der Waals surface area (Å²) in [7, 11) is 0. The fourth-order valence-corrected chi connectivity index (χ4v) is 3.56. The van der Waals surface area contributed by atoms with Gasteiger partial charge in [-0.25, -0.2) is 0 Å². The second kappa shape index (κ2) is 6.38. The minimum absolute atomic E-state index is 0.118. The predicted molar refractivity (Wildman–Crippen MR) is 81.2 cm³/mol. The van der Waals surface area contributed by atoms with Crippen molar-refractivity contribution in [3.63, 3.8) is 0 Å². The van der Waals surface area contributed by atoms with Crippen molar-refractivity contribution in [2.75, 3.05) is 6.54 Å². The van der Waals surface area contributed by atoms with Gasteiger partial charge >= 0.3 is 0 Å². The number of hydrogen-bond donors (Lipinski definition) is 1. The number of nitrogens with zero attached hydrogens (tertiary/aromatic N) is 1. The lowest BCUT2D eigenvalue weighted by Crippen LogP contribution is -2.45. The summed E-state index contributed by atoms with van der Waals surface area (Å²) in [6, 6.07) is 5.89. The third-order valence-electron chi connectivity index (χ3n) is 4.58. The minimum Gasteiger partial charge on any atom is -0.355 e. The maximum absolute atomic E-state index is 12.5. The molecule has 1 aromatic rings. The van der Waals surface area contributed by atoms with Gasteiger partial charge in [-0.3, -0.25) is 9.78 Å². The van der Waals surface area contributed by atoms with Gasteiger partial charge in [0, 0.05) is 30.8 Å². The van der Waals surface area contributed by atoms with E-state index in [-0.39, 0.29) is 17.2 Å². The summed E-state index contributed by atoms with van der Waals surface area (Å²) in [5, 5.41) is 3.11. The first-order chi connectivity index (χ1) is 9.50. The molecule has 20 heavy (non-hydrogen) atoms. The van der Waals surface area contributed by atoms with E-state index in [9.17, 15) is 4.79 Å². The summed E-state index contributed by atoms with van der Waals surface area (Å²) >= 11 is 0. The Kier molecular flexibility index (Phi) is 4.79. The highest BCUT2D eigenvalue weighted by Crippen LogP contribution is 2.43. The SMILES string of the molecule is C[C@H]1CCCC(C)(C)[C@@H]1C(=O)NCCc1ccccn1. The van der Waals surface area contributed by atoms with Crippen molar-refractivity contribution in [3.05, 3.63) is 30.1 Å². The van der Waals surface area contributed by atoms with E-state index in [4.69, 9.17) is 0 Å². The van der Waals surface area contributed by atoms with Crippen molar-refractivity contribution in [1.82, 2.24) is 10.3 Å². The maximum atomic E-state index is 12.5. The standard InChI is InChI=1S/C17H26N2O/c1-13-7-6-10-17(2,3)15(13)16(20)19-12-9-14-8-4-5-11-18-14/h4-5,8,11,13,15H,6-7,9-10,12H2,1-3H3,(H,19,20)/t13-,15-/m0/s1. The van der Waals surface area contributed by atoms with Gasteiger partial charge in [-0.05, 0) is 36.3 Å². The maximum Gasteiger partial charge on any atom is 0.223 e. The molecule has 0 aliphatic heterocycles. The normalized spacial score (nSPS) is 25.1. The summed E-state index contributed by atoms with van der Waals surface area (Å²) in [4.78, 5) is 16.8. The van der Waals surface area contributed by atoms with Crippen molar-refractivity contribution in [3.8, 4) is 0 Å². The van der Waals surface area contributed by atoms with Crippen LogP contribution in [0.5, 0.6) is 0 Å². The molecular formula is C17H26N2O. The van der Waals surface area contributed by atoms with E-state index in [1.165, 1.54) is 12.8 Å². The summed E-state index contributed by atoms with van der Waals surface area (Å²) in [5.74, 6) is 0.840. The van der Waals surface area contributed by atoms with Crippen molar-refractivity contribution >= 4 is 5.91 Å². The zero-order chi connectivity index (χ0) is 14.6. The second-order valence-electron chi connectivity index (χ2n) is 6.70. The van der Waals surface area contributed by atoms with Crippen molar-refractivity contribution < 1.29 is 4.79 Å². The number of aromatic nitrogens is 1. The zero-order valence-electron chi connectivity index (χ0n) is 12.9. The third kappa shape index (κ3) is 3.59. The molecule has 1 amide bonds. The average molecular weight is 274 g/mol. The lowest BCUT2D eigenvalue weighted by molar-refractivity contribution is -0.132. The molecule has 0 aromatic carbocycles. The number of pyridine rings is 1. The molecule has 1 saturated carbocycles. The molecule has 0 spiro atoms. The van der Waals surface area contributed by atoms with Crippen molar-refractivity contribution in [2.24, 2.45) is 17.3 Å². The Morgan fingerprint density at radius 2 is 2.25 bits per heavy atom. The van der Waals surface area contributed by atoms with E-state index in [1.807, 2.05) is 18.2 Å². The molecule has 0 saturated heterocycles. The molecule has 2 rings (SSSR count). The first-order valence-electron chi connectivity index (χ1n) is 7.68. The first kappa shape index (κ1) is 15.0. The molecule has 2 atom stereocenters. The van der Waals surface area contributed by atoms with E-state index >= 15 is 0 Å². The van der Waals surface area contributed by atoms with Crippen LogP contribution in [0, 0.1) is 17.3 Å². The molecule has 1 aromatic heterocycles. The van der Waals surface area contributed by atoms with Crippen LogP contribution in [0.25, 0.3) is 0 Å². The number of nitrogens with one attached hydrogen (secondary N) is 1. The lowest BCUT2D eigenvalue weighted by Gasteiger charge is -2.41. The fourth-order valence-electron chi connectivity index (χ4n) is 3.56. The van der Waals surface area contributed by atoms with E-state index < -0.39 is 0 Å². The summed E-state index contributed by atoms with van der Waals surface area (Å²) in [5.41, 5.74) is 1.15. The predicted octanol–water partition coefficient (Wildman–Crippen LogP) is 3.20. The van der Waals surface area contributed by atoms with Gasteiger partial charge in [-0.2, -0.15) is 0 Å². The van der Waals surface area contributed by atoms with E-state index in [0.29, 0.717) is 12.5 Å². The average Bonchev–Trinajstić information content (AvgIpc) is 2.38. The van der Waals surface area contributed by atoms with Crippen LogP contribution in [0.1, 0.15) is 45.7 Å². The zero-order valence-corrected chi connectivity index (χ0v) is 12.9. The van der Waals surface area contributed by atoms with Crippen LogP contribution in [-0.4, -0.2) is 17.4 Å². The Morgan fingerprint density at radius 1 is 1.45 bits per heavy atom. The Labute approximate surface area is 122 Å². The molecule has 3 nitrogen and oxygen atoms in total. The van der Waals surface area contributed by atoms with Crippen LogP contribution in [0.2, 0.25) is 0 Å². The molecular weight excluding hydrogens is 248 g/mol. The molecule has 0 bridgehead atoms. The lowest BCUT2D eigenvalue weighted by atomic mass is 9.64. The highest BCUT2D eigenvalue weighted by Gasteiger charge is 2.41. The smallest absolute Gasteiger partial charge is 0.223 e. The molecule has 1 aliphatic carbocycles. The molecule has 0 radical (unpaired) electrons. The van der Waals surface area contributed by atoms with Crippen LogP contribution < -0.4 is 5.32 Å². The van der Waals surface area contributed by atoms with E-state index in [2.05, 4.69) is 31.1 Å². The molecule has 1 N–H and O–H groups in total. The van der Waals surface area contributed by atoms with Crippen molar-refractivity contribution in [2.45, 2.75) is 46.5 Å². The summed E-state index contributed by atoms with van der Waals surface area (Å²) in [6.07, 6.45) is 6.15. The topological polar surface area (TPSA) is 42.0 Å². The van der Waals surface area contributed by atoms with Crippen LogP contribution in [0.15, 0.2) is 24.4 Å². The fraction of sp³-hybridized carbons (Fsp3) is 0.647. The second-order valence-corrected chi connectivity index (χ2v) is 6.70. The monoisotopic (exact) mass is 274 g/mol. The molecule has 110 valence electrons. The van der Waals surface area contributed by atoms with Gasteiger partial charge in [0.1, 0.15) is 0 Å². The molecule has 1 fully saturated rings. The van der Waals surface area contributed by atoms with Gasteiger partial charge in [-0.15, -0.1) is 0 Å². The van der Waals surface area contributed by atoms with Crippen molar-refractivity contribution in [1.29, 1.82) is 0 Å². The molecule has 0 unspecified atom stereocenters. The highest BCUT2D eigenvalue weighted by molar-refractivity contribution is 5.79. The summed E-state index contributed by atoms with van der Waals surface area (Å²) < 4.78 is 0. The molecule has 1 heterocycles. The Bertz CT molecular complexity index is 442. The summed E-state index contributed by atoms with van der Waals surface area (Å²) in [6.45, 7) is 7.34. The van der Waals surface area contributed by atoms with Crippen LogP contribution in [-0.2, 0) is 11.2 Å². The van der Waals surface area contributed by atoms with Gasteiger partial charge < -0.3 is 5.32 Å². The minimum atomic E-state index is 0.118.